The Balaban J connectivity index is 1.77. The van der Waals surface area contributed by atoms with Crippen molar-refractivity contribution < 1.29 is 4.79 Å². The molecule has 0 aromatic heterocycles. The monoisotopic (exact) mass is 286 g/mol. The number of benzene rings is 1. The molecule has 2 N–H and O–H groups in total. The summed E-state index contributed by atoms with van der Waals surface area (Å²) >= 11 is 0. The topological polar surface area (TPSA) is 41.1 Å². The van der Waals surface area contributed by atoms with Crippen molar-refractivity contribution in [3.05, 3.63) is 35.9 Å². The highest BCUT2D eigenvalue weighted by atomic mass is 16.2. The second-order valence-electron chi connectivity index (χ2n) is 7.05. The minimum atomic E-state index is -0.341. The lowest BCUT2D eigenvalue weighted by Gasteiger charge is -2.41. The molecule has 1 heterocycles. The van der Waals surface area contributed by atoms with Crippen LogP contribution in [-0.4, -0.2) is 25.5 Å². The highest BCUT2D eigenvalue weighted by molar-refractivity contribution is 5.88. The van der Waals surface area contributed by atoms with Gasteiger partial charge in [0.15, 0.2) is 0 Å². The molecule has 1 aliphatic heterocycles. The molecule has 0 unspecified atom stereocenters. The number of hydrogen-bond acceptors (Lipinski definition) is 2. The lowest BCUT2D eigenvalue weighted by molar-refractivity contribution is -0.128. The highest BCUT2D eigenvalue weighted by Crippen LogP contribution is 2.40. The Morgan fingerprint density at radius 2 is 1.81 bits per heavy atom. The van der Waals surface area contributed by atoms with Gasteiger partial charge in [-0.25, -0.2) is 0 Å². The number of piperidine rings is 1. The first kappa shape index (κ1) is 14.6. The Kier molecular flexibility index (Phi) is 4.03. The van der Waals surface area contributed by atoms with Crippen LogP contribution in [0.25, 0.3) is 0 Å². The van der Waals surface area contributed by atoms with Crippen LogP contribution in [0.3, 0.4) is 0 Å². The van der Waals surface area contributed by atoms with Gasteiger partial charge in [0.25, 0.3) is 0 Å². The van der Waals surface area contributed by atoms with Crippen molar-refractivity contribution in [2.75, 3.05) is 19.6 Å². The summed E-state index contributed by atoms with van der Waals surface area (Å²) in [4.78, 5) is 13.0. The standard InChI is InChI=1S/C18H26N2O/c1-17(8-5-9-17)14-20-16(21)18(10-12-19-13-11-18)15-6-3-2-4-7-15/h2-4,6-7,19H,5,8-14H2,1H3,(H,20,21). The maximum Gasteiger partial charge on any atom is 0.230 e. The average molecular weight is 286 g/mol. The van der Waals surface area contributed by atoms with Crippen molar-refractivity contribution in [2.24, 2.45) is 5.41 Å². The van der Waals surface area contributed by atoms with Crippen molar-refractivity contribution in [1.82, 2.24) is 10.6 Å². The van der Waals surface area contributed by atoms with Gasteiger partial charge in [-0.3, -0.25) is 4.79 Å². The third-order valence-electron chi connectivity index (χ3n) is 5.45. The molecular weight excluding hydrogens is 260 g/mol. The summed E-state index contributed by atoms with van der Waals surface area (Å²) in [5.74, 6) is 0.225. The maximum absolute atomic E-state index is 13.0. The van der Waals surface area contributed by atoms with Gasteiger partial charge in [-0.05, 0) is 49.8 Å². The largest absolute Gasteiger partial charge is 0.355 e. The van der Waals surface area contributed by atoms with Gasteiger partial charge in [-0.1, -0.05) is 43.7 Å². The molecule has 1 aliphatic carbocycles. The first-order valence-electron chi connectivity index (χ1n) is 8.19. The van der Waals surface area contributed by atoms with Crippen molar-refractivity contribution in [1.29, 1.82) is 0 Å². The molecule has 0 radical (unpaired) electrons. The van der Waals surface area contributed by atoms with Crippen LogP contribution in [0.2, 0.25) is 0 Å². The number of nitrogens with one attached hydrogen (secondary N) is 2. The minimum absolute atomic E-state index is 0.225. The fourth-order valence-electron chi connectivity index (χ4n) is 3.68. The van der Waals surface area contributed by atoms with Crippen LogP contribution < -0.4 is 10.6 Å². The summed E-state index contributed by atoms with van der Waals surface area (Å²) in [5.41, 5.74) is 1.16. The second-order valence-corrected chi connectivity index (χ2v) is 7.05. The SMILES string of the molecule is CC1(CNC(=O)C2(c3ccccc3)CCNCC2)CCC1. The van der Waals surface area contributed by atoms with Crippen molar-refractivity contribution in [2.45, 2.75) is 44.4 Å². The molecule has 3 heteroatoms. The summed E-state index contributed by atoms with van der Waals surface area (Å²) < 4.78 is 0. The number of hydrogen-bond donors (Lipinski definition) is 2. The predicted molar refractivity (Wildman–Crippen MR) is 85.2 cm³/mol. The number of carbonyl (C=O) groups is 1. The van der Waals surface area contributed by atoms with E-state index in [1.54, 1.807) is 0 Å². The van der Waals surface area contributed by atoms with E-state index >= 15 is 0 Å². The molecule has 1 saturated carbocycles. The van der Waals surface area contributed by atoms with E-state index < -0.39 is 0 Å². The fraction of sp³-hybridized carbons (Fsp3) is 0.611. The van der Waals surface area contributed by atoms with Crippen LogP contribution in [0.15, 0.2) is 30.3 Å². The molecule has 3 rings (SSSR count). The second kappa shape index (κ2) is 5.80. The van der Waals surface area contributed by atoms with Gasteiger partial charge >= 0.3 is 0 Å². The lowest BCUT2D eigenvalue weighted by atomic mass is 9.69. The van der Waals surface area contributed by atoms with Gasteiger partial charge < -0.3 is 10.6 Å². The Bertz CT molecular complexity index is 487. The molecule has 0 bridgehead atoms. The maximum atomic E-state index is 13.0. The number of rotatable bonds is 4. The molecule has 1 saturated heterocycles. The highest BCUT2D eigenvalue weighted by Gasteiger charge is 2.42. The molecule has 1 aromatic carbocycles. The minimum Gasteiger partial charge on any atom is -0.355 e. The molecule has 3 nitrogen and oxygen atoms in total. The van der Waals surface area contributed by atoms with Crippen molar-refractivity contribution >= 4 is 5.91 Å². The molecule has 2 aliphatic rings. The quantitative estimate of drug-likeness (QED) is 0.893. The van der Waals surface area contributed by atoms with E-state index in [-0.39, 0.29) is 11.3 Å². The Labute approximate surface area is 127 Å². The molecule has 114 valence electrons. The summed E-state index contributed by atoms with van der Waals surface area (Å²) in [7, 11) is 0. The van der Waals surface area contributed by atoms with Crippen LogP contribution in [0.4, 0.5) is 0 Å². The Morgan fingerprint density at radius 3 is 2.38 bits per heavy atom. The molecule has 1 amide bonds. The molecule has 0 spiro atoms. The zero-order valence-electron chi connectivity index (χ0n) is 13.0. The molecule has 0 atom stereocenters. The smallest absolute Gasteiger partial charge is 0.230 e. The van der Waals surface area contributed by atoms with Crippen LogP contribution in [0, 0.1) is 5.41 Å². The zero-order chi connectivity index (χ0) is 14.8. The summed E-state index contributed by atoms with van der Waals surface area (Å²) in [5, 5.41) is 6.65. The molecule has 1 aromatic rings. The van der Waals surface area contributed by atoms with E-state index in [1.165, 1.54) is 24.8 Å². The first-order chi connectivity index (χ1) is 10.1. The van der Waals surface area contributed by atoms with Crippen LogP contribution in [0.5, 0.6) is 0 Å². The summed E-state index contributed by atoms with van der Waals surface area (Å²) in [6.45, 7) is 4.95. The van der Waals surface area contributed by atoms with E-state index in [0.29, 0.717) is 5.41 Å². The van der Waals surface area contributed by atoms with E-state index in [2.05, 4.69) is 29.7 Å². The zero-order valence-corrected chi connectivity index (χ0v) is 13.0. The van der Waals surface area contributed by atoms with Crippen molar-refractivity contribution in [3.8, 4) is 0 Å². The summed E-state index contributed by atoms with van der Waals surface area (Å²) in [6, 6.07) is 10.3. The van der Waals surface area contributed by atoms with Gasteiger partial charge in [-0.2, -0.15) is 0 Å². The van der Waals surface area contributed by atoms with Crippen molar-refractivity contribution in [3.63, 3.8) is 0 Å². The first-order valence-corrected chi connectivity index (χ1v) is 8.19. The Morgan fingerprint density at radius 1 is 1.14 bits per heavy atom. The fourth-order valence-corrected chi connectivity index (χ4v) is 3.68. The van der Waals surface area contributed by atoms with E-state index in [9.17, 15) is 4.79 Å². The Hall–Kier alpha value is -1.35. The van der Waals surface area contributed by atoms with E-state index in [4.69, 9.17) is 0 Å². The van der Waals surface area contributed by atoms with Gasteiger partial charge in [0.05, 0.1) is 5.41 Å². The molecule has 21 heavy (non-hydrogen) atoms. The normalized spacial score (nSPS) is 23.1. The van der Waals surface area contributed by atoms with Gasteiger partial charge in [0, 0.05) is 6.54 Å². The third kappa shape index (κ3) is 2.84. The van der Waals surface area contributed by atoms with E-state index in [1.807, 2.05) is 18.2 Å². The number of amides is 1. The summed E-state index contributed by atoms with van der Waals surface area (Å²) in [6.07, 6.45) is 5.57. The van der Waals surface area contributed by atoms with Crippen LogP contribution in [0.1, 0.15) is 44.6 Å². The molecular formula is C18H26N2O. The van der Waals surface area contributed by atoms with Gasteiger partial charge in [0.2, 0.25) is 5.91 Å². The van der Waals surface area contributed by atoms with Crippen LogP contribution >= 0.6 is 0 Å². The lowest BCUT2D eigenvalue weighted by Crippen LogP contribution is -2.53. The van der Waals surface area contributed by atoms with E-state index in [0.717, 1.165) is 32.5 Å². The third-order valence-corrected chi connectivity index (χ3v) is 5.45. The van der Waals surface area contributed by atoms with Gasteiger partial charge in [0.1, 0.15) is 0 Å². The predicted octanol–water partition coefficient (Wildman–Crippen LogP) is 2.61. The van der Waals surface area contributed by atoms with Crippen LogP contribution in [-0.2, 0) is 10.2 Å². The average Bonchev–Trinajstić information content (AvgIpc) is 2.52. The van der Waals surface area contributed by atoms with Gasteiger partial charge in [-0.15, -0.1) is 0 Å². The number of carbonyl (C=O) groups excluding carboxylic acids is 1. The molecule has 2 fully saturated rings.